The van der Waals surface area contributed by atoms with Crippen molar-refractivity contribution >= 4 is 51.6 Å². The molecule has 1 N–H and O–H groups in total. The quantitative estimate of drug-likeness (QED) is 0.357. The molecule has 0 unspecified atom stereocenters. The molecule has 0 amide bonds. The van der Waals surface area contributed by atoms with Gasteiger partial charge in [-0.15, -0.1) is 11.3 Å². The van der Waals surface area contributed by atoms with Crippen molar-refractivity contribution in [1.82, 2.24) is 14.9 Å². The summed E-state index contributed by atoms with van der Waals surface area (Å²) in [4.78, 5) is 23.4. The fourth-order valence-electron chi connectivity index (χ4n) is 4.51. The number of rotatable bonds is 10. The lowest BCUT2D eigenvalue weighted by molar-refractivity contribution is -0.152. The molecule has 9 heteroatoms. The number of thiazole rings is 1. The molecule has 176 valence electrons. The molecule has 2 aromatic heterocycles. The average Bonchev–Trinajstić information content (AvgIpc) is 3.34. The largest absolute Gasteiger partial charge is 0.497 e. The Labute approximate surface area is 207 Å². The summed E-state index contributed by atoms with van der Waals surface area (Å²) >= 11 is 9.92. The molecule has 6 nitrogen and oxygen atoms in total. The number of aromatic nitrogens is 2. The number of carbonyl (C=O) groups is 1. The number of fused-ring (bicyclic) bond motifs is 1. The molecule has 1 aliphatic rings. The fraction of sp³-hybridized carbons (Fsp3) is 0.458. The number of aliphatic carboxylic acids is 1. The predicted octanol–water partition coefficient (Wildman–Crippen LogP) is 5.64. The first-order valence-corrected chi connectivity index (χ1v) is 13.3. The minimum absolute atomic E-state index is 0.618. The number of halogens is 1. The van der Waals surface area contributed by atoms with E-state index in [1.807, 2.05) is 29.8 Å². The van der Waals surface area contributed by atoms with Crippen molar-refractivity contribution < 1.29 is 14.6 Å². The Bertz CT molecular complexity index is 1090. The molecule has 0 atom stereocenters. The van der Waals surface area contributed by atoms with Gasteiger partial charge in [0, 0.05) is 35.5 Å². The first-order chi connectivity index (χ1) is 16.0. The van der Waals surface area contributed by atoms with Crippen LogP contribution in [0.2, 0.25) is 5.02 Å². The lowest BCUT2D eigenvalue weighted by atomic mass is 9.74. The number of benzene rings is 1. The van der Waals surface area contributed by atoms with E-state index in [1.165, 1.54) is 0 Å². The number of thioether (sulfide) groups is 1. The first kappa shape index (κ1) is 24.3. The molecular formula is C24H28ClN3O3S2. The topological polar surface area (TPSA) is 75.6 Å². The van der Waals surface area contributed by atoms with Gasteiger partial charge in [0.25, 0.3) is 0 Å². The summed E-state index contributed by atoms with van der Waals surface area (Å²) in [5.74, 6) is 1.06. The van der Waals surface area contributed by atoms with Gasteiger partial charge in [-0.05, 0) is 69.0 Å². The van der Waals surface area contributed by atoms with Crippen LogP contribution in [0.25, 0.3) is 10.9 Å². The van der Waals surface area contributed by atoms with Crippen LogP contribution < -0.4 is 4.74 Å². The van der Waals surface area contributed by atoms with E-state index in [4.69, 9.17) is 16.3 Å². The van der Waals surface area contributed by atoms with E-state index in [1.54, 1.807) is 36.4 Å². The van der Waals surface area contributed by atoms with Gasteiger partial charge in [0.1, 0.15) is 10.1 Å². The van der Waals surface area contributed by atoms with Crippen LogP contribution in [0.15, 0.2) is 40.3 Å². The molecule has 3 aromatic rings. The molecule has 33 heavy (non-hydrogen) atoms. The van der Waals surface area contributed by atoms with E-state index in [9.17, 15) is 9.90 Å². The lowest BCUT2D eigenvalue weighted by Gasteiger charge is -2.39. The third-order valence-corrected chi connectivity index (χ3v) is 8.80. The van der Waals surface area contributed by atoms with Crippen LogP contribution in [0, 0.1) is 5.41 Å². The highest BCUT2D eigenvalue weighted by Gasteiger charge is 2.40. The number of pyridine rings is 1. The molecule has 1 aromatic carbocycles. The van der Waals surface area contributed by atoms with Crippen molar-refractivity contribution in [3.05, 3.63) is 46.6 Å². The Balaban J connectivity index is 1.35. The lowest BCUT2D eigenvalue weighted by Crippen LogP contribution is -2.45. The third-order valence-electron chi connectivity index (χ3n) is 6.53. The van der Waals surface area contributed by atoms with Crippen molar-refractivity contribution in [2.75, 3.05) is 32.5 Å². The zero-order chi connectivity index (χ0) is 23.3. The molecule has 0 saturated carbocycles. The second-order valence-electron chi connectivity index (χ2n) is 8.39. The number of aryl methyl sites for hydroxylation is 1. The van der Waals surface area contributed by atoms with Crippen molar-refractivity contribution in [2.45, 2.75) is 36.4 Å². The van der Waals surface area contributed by atoms with Crippen LogP contribution in [-0.2, 0) is 11.2 Å². The second-order valence-corrected chi connectivity index (χ2v) is 11.0. The van der Waals surface area contributed by atoms with Crippen molar-refractivity contribution in [2.24, 2.45) is 5.41 Å². The van der Waals surface area contributed by atoms with Gasteiger partial charge in [-0.3, -0.25) is 9.78 Å². The van der Waals surface area contributed by atoms with E-state index < -0.39 is 11.4 Å². The van der Waals surface area contributed by atoms with E-state index in [-0.39, 0.29) is 0 Å². The Morgan fingerprint density at radius 1 is 1.33 bits per heavy atom. The first-order valence-electron chi connectivity index (χ1n) is 11.1. The number of hydrogen-bond acceptors (Lipinski definition) is 7. The molecule has 0 radical (unpaired) electrons. The van der Waals surface area contributed by atoms with Gasteiger partial charge in [0.15, 0.2) is 0 Å². The zero-order valence-electron chi connectivity index (χ0n) is 18.6. The standard InChI is InChI=1S/C24H28ClN3O3S2/c1-31-17-4-5-21-19(15-17)18(20(25)16-27-21)3-2-6-24(22(29)30)7-10-28(11-8-24)12-14-33-23-26-9-13-32-23/h4-5,9,13,15-16H,2-3,6-8,10-12,14H2,1H3,(H,29,30). The second kappa shape index (κ2) is 11.0. The van der Waals surface area contributed by atoms with Gasteiger partial charge in [-0.25, -0.2) is 4.98 Å². The summed E-state index contributed by atoms with van der Waals surface area (Å²) in [5.41, 5.74) is 1.22. The van der Waals surface area contributed by atoms with E-state index >= 15 is 0 Å². The summed E-state index contributed by atoms with van der Waals surface area (Å²) in [6, 6.07) is 5.77. The highest BCUT2D eigenvalue weighted by Crippen LogP contribution is 2.38. The number of carboxylic acids is 1. The predicted molar refractivity (Wildman–Crippen MR) is 135 cm³/mol. The molecule has 4 rings (SSSR count). The van der Waals surface area contributed by atoms with Gasteiger partial charge in [0.2, 0.25) is 0 Å². The minimum atomic E-state index is -0.674. The van der Waals surface area contributed by atoms with Crippen LogP contribution >= 0.6 is 34.7 Å². The molecule has 0 bridgehead atoms. The van der Waals surface area contributed by atoms with Crippen molar-refractivity contribution in [3.63, 3.8) is 0 Å². The summed E-state index contributed by atoms with van der Waals surface area (Å²) in [5, 5.41) is 13.7. The number of nitrogens with zero attached hydrogens (tertiary/aromatic N) is 3. The van der Waals surface area contributed by atoms with E-state index in [0.29, 0.717) is 30.7 Å². The number of methoxy groups -OCH3 is 1. The van der Waals surface area contributed by atoms with Crippen molar-refractivity contribution in [1.29, 1.82) is 0 Å². The van der Waals surface area contributed by atoms with Crippen LogP contribution in [0.4, 0.5) is 0 Å². The smallest absolute Gasteiger partial charge is 0.309 e. The molecule has 1 fully saturated rings. The fourth-order valence-corrected chi connectivity index (χ4v) is 6.46. The number of carboxylic acid groups (broad SMARTS) is 1. The van der Waals surface area contributed by atoms with Gasteiger partial charge in [0.05, 0.1) is 23.1 Å². The van der Waals surface area contributed by atoms with Crippen molar-refractivity contribution in [3.8, 4) is 5.75 Å². The van der Waals surface area contributed by atoms with Gasteiger partial charge >= 0.3 is 5.97 Å². The van der Waals surface area contributed by atoms with Crippen LogP contribution in [0.3, 0.4) is 0 Å². The highest BCUT2D eigenvalue weighted by molar-refractivity contribution is 8.01. The van der Waals surface area contributed by atoms with Crippen LogP contribution in [-0.4, -0.2) is 58.4 Å². The normalized spacial score (nSPS) is 16.2. The molecular weight excluding hydrogens is 478 g/mol. The Hall–Kier alpha value is -1.87. The van der Waals surface area contributed by atoms with Crippen LogP contribution in [0.5, 0.6) is 5.75 Å². The number of likely N-dealkylation sites (tertiary alicyclic amines) is 1. The monoisotopic (exact) mass is 505 g/mol. The average molecular weight is 506 g/mol. The Kier molecular flexibility index (Phi) is 8.11. The Morgan fingerprint density at radius 2 is 2.15 bits per heavy atom. The molecule has 1 aliphatic heterocycles. The molecule has 3 heterocycles. The number of ether oxygens (including phenoxy) is 1. The van der Waals surface area contributed by atoms with Gasteiger partial charge < -0.3 is 14.7 Å². The highest BCUT2D eigenvalue weighted by atomic mass is 35.5. The summed E-state index contributed by atoms with van der Waals surface area (Å²) in [6.45, 7) is 2.60. The van der Waals surface area contributed by atoms with E-state index in [0.717, 1.165) is 58.4 Å². The molecule has 0 spiro atoms. The van der Waals surface area contributed by atoms with Crippen LogP contribution in [0.1, 0.15) is 31.2 Å². The van der Waals surface area contributed by atoms with E-state index in [2.05, 4.69) is 14.9 Å². The molecule has 1 saturated heterocycles. The molecule has 0 aliphatic carbocycles. The summed E-state index contributed by atoms with van der Waals surface area (Å²) < 4.78 is 6.46. The zero-order valence-corrected chi connectivity index (χ0v) is 21.0. The minimum Gasteiger partial charge on any atom is -0.497 e. The van der Waals surface area contributed by atoms with Gasteiger partial charge in [-0.1, -0.05) is 23.4 Å². The van der Waals surface area contributed by atoms with Gasteiger partial charge in [-0.2, -0.15) is 0 Å². The number of hydrogen-bond donors (Lipinski definition) is 1. The maximum Gasteiger partial charge on any atom is 0.309 e. The number of piperidine rings is 1. The maximum absolute atomic E-state index is 12.3. The summed E-state index contributed by atoms with van der Waals surface area (Å²) in [7, 11) is 1.64. The maximum atomic E-state index is 12.3. The summed E-state index contributed by atoms with van der Waals surface area (Å²) in [6.07, 6.45) is 7.00. The Morgan fingerprint density at radius 3 is 2.85 bits per heavy atom. The third kappa shape index (κ3) is 5.80. The SMILES string of the molecule is COc1ccc2ncc(Cl)c(CCCC3(C(=O)O)CCN(CCSc4nccs4)CC3)c2c1.